The van der Waals surface area contributed by atoms with E-state index in [4.69, 9.17) is 14.2 Å². The van der Waals surface area contributed by atoms with Crippen LogP contribution >= 0.6 is 24.0 Å². The van der Waals surface area contributed by atoms with Gasteiger partial charge in [-0.2, -0.15) is 0 Å². The Bertz CT molecular complexity index is 885. The summed E-state index contributed by atoms with van der Waals surface area (Å²) in [5.41, 5.74) is 2.20. The molecule has 2 aromatic rings. The van der Waals surface area contributed by atoms with Crippen molar-refractivity contribution < 1.29 is 14.2 Å². The summed E-state index contributed by atoms with van der Waals surface area (Å²) in [6.07, 6.45) is 3.39. The third kappa shape index (κ3) is 6.19. The van der Waals surface area contributed by atoms with Gasteiger partial charge in [-0.1, -0.05) is 12.1 Å². The number of hydrogen-bond acceptors (Lipinski definition) is 5. The van der Waals surface area contributed by atoms with Crippen molar-refractivity contribution in [2.45, 2.75) is 25.3 Å². The second-order valence-electron chi connectivity index (χ2n) is 7.82. The van der Waals surface area contributed by atoms with Gasteiger partial charge in [-0.3, -0.25) is 9.89 Å². The predicted molar refractivity (Wildman–Crippen MR) is 139 cm³/mol. The molecule has 0 aromatic heterocycles. The quantitative estimate of drug-likeness (QED) is 0.317. The molecule has 8 heteroatoms. The first-order valence-electron chi connectivity index (χ1n) is 11.0. The van der Waals surface area contributed by atoms with Crippen molar-refractivity contribution in [3.8, 4) is 17.2 Å². The average Bonchev–Trinajstić information content (AvgIpc) is 3.24. The SMILES string of the molecule is CN=C(NCC(c1ccc(OC)cc1)N1CCCC1)Nc1ccc2c(c1)OCCCO2.I. The fraction of sp³-hybridized carbons (Fsp3) is 0.458. The average molecular weight is 552 g/mol. The lowest BCUT2D eigenvalue weighted by atomic mass is 10.1. The number of aliphatic imine (C=N–C) groups is 1. The third-order valence-corrected chi connectivity index (χ3v) is 5.78. The molecule has 0 bridgehead atoms. The van der Waals surface area contributed by atoms with Crippen LogP contribution < -0.4 is 24.8 Å². The molecule has 4 rings (SSSR count). The normalized spacial score (nSPS) is 17.1. The number of nitrogens with one attached hydrogen (secondary N) is 2. The van der Waals surface area contributed by atoms with Crippen LogP contribution in [0.1, 0.15) is 30.9 Å². The predicted octanol–water partition coefficient (Wildman–Crippen LogP) is 4.30. The van der Waals surface area contributed by atoms with Gasteiger partial charge in [0.25, 0.3) is 0 Å². The number of nitrogens with zero attached hydrogens (tertiary/aromatic N) is 2. The Morgan fingerprint density at radius 1 is 1.03 bits per heavy atom. The van der Waals surface area contributed by atoms with Crippen LogP contribution in [0.4, 0.5) is 5.69 Å². The highest BCUT2D eigenvalue weighted by atomic mass is 127. The van der Waals surface area contributed by atoms with Crippen LogP contribution in [-0.4, -0.2) is 57.9 Å². The second kappa shape index (κ2) is 12.2. The standard InChI is InChI=1S/C24H32N4O3.HI/c1-25-24(27-19-8-11-22-23(16-19)31-15-5-14-30-22)26-17-21(28-12-3-4-13-28)18-6-9-20(29-2)10-7-18;/h6-11,16,21H,3-5,12-15,17H2,1-2H3,(H2,25,26,27);1H. The monoisotopic (exact) mass is 552 g/mol. The highest BCUT2D eigenvalue weighted by Crippen LogP contribution is 2.32. The largest absolute Gasteiger partial charge is 0.497 e. The van der Waals surface area contributed by atoms with Gasteiger partial charge in [0.05, 0.1) is 26.4 Å². The van der Waals surface area contributed by atoms with E-state index in [0.717, 1.165) is 55.0 Å². The summed E-state index contributed by atoms with van der Waals surface area (Å²) in [4.78, 5) is 6.95. The van der Waals surface area contributed by atoms with E-state index in [2.05, 4.69) is 32.7 Å². The molecular weight excluding hydrogens is 519 g/mol. The zero-order chi connectivity index (χ0) is 21.5. The number of ether oxygens (including phenoxy) is 3. The topological polar surface area (TPSA) is 67.4 Å². The molecular formula is C24H33IN4O3. The molecule has 1 saturated heterocycles. The summed E-state index contributed by atoms with van der Waals surface area (Å²) in [6, 6.07) is 14.5. The van der Waals surface area contributed by atoms with Gasteiger partial charge in [0.2, 0.25) is 0 Å². The van der Waals surface area contributed by atoms with Crippen LogP contribution in [0.15, 0.2) is 47.5 Å². The van der Waals surface area contributed by atoms with Crippen molar-refractivity contribution in [2.24, 2.45) is 4.99 Å². The van der Waals surface area contributed by atoms with E-state index in [1.807, 2.05) is 30.3 Å². The van der Waals surface area contributed by atoms with Crippen molar-refractivity contribution in [1.82, 2.24) is 10.2 Å². The Morgan fingerprint density at radius 2 is 1.75 bits per heavy atom. The number of hydrogen-bond donors (Lipinski definition) is 2. The third-order valence-electron chi connectivity index (χ3n) is 5.78. The van der Waals surface area contributed by atoms with Crippen LogP contribution in [0.25, 0.3) is 0 Å². The summed E-state index contributed by atoms with van der Waals surface area (Å²) >= 11 is 0. The molecule has 0 spiro atoms. The maximum Gasteiger partial charge on any atom is 0.195 e. The van der Waals surface area contributed by atoms with Crippen LogP contribution in [-0.2, 0) is 0 Å². The van der Waals surface area contributed by atoms with E-state index < -0.39 is 0 Å². The Hall–Kier alpha value is -2.20. The van der Waals surface area contributed by atoms with Gasteiger partial charge in [-0.15, -0.1) is 24.0 Å². The maximum atomic E-state index is 5.80. The number of likely N-dealkylation sites (tertiary alicyclic amines) is 1. The molecule has 2 N–H and O–H groups in total. The van der Waals surface area contributed by atoms with E-state index in [1.165, 1.54) is 18.4 Å². The fourth-order valence-corrected chi connectivity index (χ4v) is 4.09. The van der Waals surface area contributed by atoms with Gasteiger partial charge in [0.15, 0.2) is 17.5 Å². The first kappa shape index (κ1) is 24.4. The van der Waals surface area contributed by atoms with Gasteiger partial charge < -0.3 is 24.8 Å². The Morgan fingerprint density at radius 3 is 2.44 bits per heavy atom. The number of anilines is 1. The molecule has 1 fully saturated rings. The van der Waals surface area contributed by atoms with E-state index >= 15 is 0 Å². The van der Waals surface area contributed by atoms with Gasteiger partial charge in [-0.05, 0) is 55.8 Å². The number of rotatable bonds is 6. The summed E-state index contributed by atoms with van der Waals surface area (Å²) in [5, 5.41) is 6.89. The molecule has 2 aliphatic heterocycles. The molecule has 2 aliphatic rings. The Labute approximate surface area is 207 Å². The minimum Gasteiger partial charge on any atom is -0.497 e. The Kier molecular flexibility index (Phi) is 9.28. The maximum absolute atomic E-state index is 5.80. The molecule has 0 radical (unpaired) electrons. The zero-order valence-electron chi connectivity index (χ0n) is 18.8. The fourth-order valence-electron chi connectivity index (χ4n) is 4.09. The van der Waals surface area contributed by atoms with Crippen LogP contribution in [0.3, 0.4) is 0 Å². The summed E-state index contributed by atoms with van der Waals surface area (Å²) in [7, 11) is 3.49. The van der Waals surface area contributed by atoms with Crippen molar-refractivity contribution in [1.29, 1.82) is 0 Å². The van der Waals surface area contributed by atoms with Crippen molar-refractivity contribution >= 4 is 35.6 Å². The van der Waals surface area contributed by atoms with Crippen LogP contribution in [0, 0.1) is 0 Å². The van der Waals surface area contributed by atoms with Gasteiger partial charge in [0.1, 0.15) is 5.75 Å². The molecule has 2 aromatic carbocycles. The van der Waals surface area contributed by atoms with Crippen LogP contribution in [0.2, 0.25) is 0 Å². The number of guanidine groups is 1. The Balaban J connectivity index is 0.00000289. The minimum atomic E-state index is 0. The van der Waals surface area contributed by atoms with Crippen molar-refractivity contribution in [2.75, 3.05) is 52.3 Å². The van der Waals surface area contributed by atoms with E-state index in [-0.39, 0.29) is 30.0 Å². The van der Waals surface area contributed by atoms with Gasteiger partial charge in [0, 0.05) is 31.8 Å². The molecule has 2 heterocycles. The van der Waals surface area contributed by atoms with Gasteiger partial charge >= 0.3 is 0 Å². The minimum absolute atomic E-state index is 0. The number of halogens is 1. The first-order valence-corrected chi connectivity index (χ1v) is 11.0. The number of fused-ring (bicyclic) bond motifs is 1. The van der Waals surface area contributed by atoms with E-state index in [1.54, 1.807) is 14.2 Å². The number of methoxy groups -OCH3 is 1. The lowest BCUT2D eigenvalue weighted by Crippen LogP contribution is -2.39. The smallest absolute Gasteiger partial charge is 0.195 e. The molecule has 1 unspecified atom stereocenters. The van der Waals surface area contributed by atoms with Gasteiger partial charge in [-0.25, -0.2) is 0 Å². The summed E-state index contributed by atoms with van der Waals surface area (Å²) < 4.78 is 16.9. The molecule has 32 heavy (non-hydrogen) atoms. The van der Waals surface area contributed by atoms with Crippen molar-refractivity contribution in [3.63, 3.8) is 0 Å². The lowest BCUT2D eigenvalue weighted by Gasteiger charge is -2.29. The zero-order valence-corrected chi connectivity index (χ0v) is 21.1. The highest BCUT2D eigenvalue weighted by Gasteiger charge is 2.24. The molecule has 0 aliphatic carbocycles. The second-order valence-corrected chi connectivity index (χ2v) is 7.82. The number of benzene rings is 2. The molecule has 1 atom stereocenters. The molecule has 174 valence electrons. The van der Waals surface area contributed by atoms with Crippen LogP contribution in [0.5, 0.6) is 17.2 Å². The van der Waals surface area contributed by atoms with Crippen molar-refractivity contribution in [3.05, 3.63) is 48.0 Å². The summed E-state index contributed by atoms with van der Waals surface area (Å²) in [6.45, 7) is 4.35. The molecule has 0 saturated carbocycles. The summed E-state index contributed by atoms with van der Waals surface area (Å²) in [5.74, 6) is 3.17. The highest BCUT2D eigenvalue weighted by molar-refractivity contribution is 14.0. The molecule has 0 amide bonds. The molecule has 7 nitrogen and oxygen atoms in total. The first-order chi connectivity index (χ1) is 15.3. The lowest BCUT2D eigenvalue weighted by molar-refractivity contribution is 0.245. The van der Waals surface area contributed by atoms with E-state index in [0.29, 0.717) is 13.2 Å². The van der Waals surface area contributed by atoms with E-state index in [9.17, 15) is 0 Å².